The highest BCUT2D eigenvalue weighted by Crippen LogP contribution is 2.23. The molecule has 0 saturated carbocycles. The number of nitrogens with one attached hydrogen (secondary N) is 2. The number of carbonyl (C=O) groups is 1. The minimum Gasteiger partial charge on any atom is -0.322 e. The maximum Gasteiger partial charge on any atom is 0.322 e. The zero-order valence-electron chi connectivity index (χ0n) is 14.7. The molecular formula is C20H20ClN3O2. The fraction of sp³-hybridized carbons (Fsp3) is 0.200. The van der Waals surface area contributed by atoms with E-state index in [1.165, 1.54) is 6.07 Å². The first-order valence-electron chi connectivity index (χ1n) is 8.41. The molecule has 1 aromatic heterocycles. The molecule has 0 aliphatic rings. The lowest BCUT2D eigenvalue weighted by molar-refractivity contribution is 0.212. The number of benzene rings is 2. The molecule has 0 atom stereocenters. The molecule has 0 aliphatic carbocycles. The molecular weight excluding hydrogens is 350 g/mol. The Labute approximate surface area is 156 Å². The van der Waals surface area contributed by atoms with E-state index in [0.717, 1.165) is 22.0 Å². The smallest absolute Gasteiger partial charge is 0.322 e. The average Bonchev–Trinajstić information content (AvgIpc) is 2.61. The molecule has 134 valence electrons. The van der Waals surface area contributed by atoms with E-state index >= 15 is 0 Å². The molecule has 1 heterocycles. The molecule has 0 bridgehead atoms. The Morgan fingerprint density at radius 1 is 1.19 bits per heavy atom. The highest BCUT2D eigenvalue weighted by molar-refractivity contribution is 6.33. The maximum atomic E-state index is 12.7. The molecule has 2 N–H and O–H groups in total. The topological polar surface area (TPSA) is 65.2 Å². The van der Waals surface area contributed by atoms with Gasteiger partial charge in [0.2, 0.25) is 5.56 Å². The number of rotatable bonds is 4. The first-order chi connectivity index (χ1) is 12.5. The van der Waals surface area contributed by atoms with Crippen LogP contribution in [-0.2, 0) is 6.54 Å². The van der Waals surface area contributed by atoms with E-state index in [1.807, 2.05) is 44.2 Å². The second kappa shape index (κ2) is 7.62. The van der Waals surface area contributed by atoms with Crippen LogP contribution in [0.2, 0.25) is 5.02 Å². The van der Waals surface area contributed by atoms with Gasteiger partial charge in [-0.2, -0.15) is 0 Å². The fourth-order valence-electron chi connectivity index (χ4n) is 2.86. The van der Waals surface area contributed by atoms with Crippen LogP contribution in [0.4, 0.5) is 10.5 Å². The molecule has 5 nitrogen and oxygen atoms in total. The lowest BCUT2D eigenvalue weighted by Crippen LogP contribution is -2.34. The summed E-state index contributed by atoms with van der Waals surface area (Å²) in [6.45, 7) is 4.66. The van der Waals surface area contributed by atoms with Gasteiger partial charge in [-0.15, -0.1) is 0 Å². The SMILES string of the molecule is CCN(Cc1cc(=O)[nH]c2ccccc12)C(=O)Nc1ccc(C)cc1Cl. The number of fused-ring (bicyclic) bond motifs is 1. The molecule has 0 fully saturated rings. The van der Waals surface area contributed by atoms with Crippen molar-refractivity contribution in [1.82, 2.24) is 9.88 Å². The van der Waals surface area contributed by atoms with Gasteiger partial charge in [0.1, 0.15) is 0 Å². The summed E-state index contributed by atoms with van der Waals surface area (Å²) in [6.07, 6.45) is 0. The second-order valence-electron chi connectivity index (χ2n) is 6.13. The van der Waals surface area contributed by atoms with Crippen molar-refractivity contribution in [3.63, 3.8) is 0 Å². The molecule has 0 unspecified atom stereocenters. The van der Waals surface area contributed by atoms with Gasteiger partial charge in [-0.1, -0.05) is 35.9 Å². The van der Waals surface area contributed by atoms with Gasteiger partial charge in [0.25, 0.3) is 0 Å². The predicted octanol–water partition coefficient (Wildman–Crippen LogP) is 4.54. The molecule has 6 heteroatoms. The molecule has 2 aromatic carbocycles. The van der Waals surface area contributed by atoms with Crippen molar-refractivity contribution in [2.45, 2.75) is 20.4 Å². The second-order valence-corrected chi connectivity index (χ2v) is 6.54. The minimum absolute atomic E-state index is 0.184. The number of halogens is 1. The summed E-state index contributed by atoms with van der Waals surface area (Å²) in [5.41, 5.74) is 2.97. The van der Waals surface area contributed by atoms with Crippen molar-refractivity contribution in [3.8, 4) is 0 Å². The number of para-hydroxylation sites is 1. The van der Waals surface area contributed by atoms with Gasteiger partial charge in [-0.3, -0.25) is 4.79 Å². The summed E-state index contributed by atoms with van der Waals surface area (Å²) in [5.74, 6) is 0. The van der Waals surface area contributed by atoms with Gasteiger partial charge in [-0.25, -0.2) is 4.79 Å². The van der Waals surface area contributed by atoms with Crippen molar-refractivity contribution < 1.29 is 4.79 Å². The van der Waals surface area contributed by atoms with Crippen LogP contribution in [0.15, 0.2) is 53.3 Å². The summed E-state index contributed by atoms with van der Waals surface area (Å²) in [5, 5.41) is 4.26. The number of aryl methyl sites for hydroxylation is 1. The third kappa shape index (κ3) is 3.89. The average molecular weight is 370 g/mol. The maximum absolute atomic E-state index is 12.7. The van der Waals surface area contributed by atoms with Crippen molar-refractivity contribution in [2.24, 2.45) is 0 Å². The van der Waals surface area contributed by atoms with E-state index in [1.54, 1.807) is 17.0 Å². The summed E-state index contributed by atoms with van der Waals surface area (Å²) in [4.78, 5) is 29.0. The number of hydrogen-bond donors (Lipinski definition) is 2. The zero-order chi connectivity index (χ0) is 18.7. The van der Waals surface area contributed by atoms with Gasteiger partial charge in [0.15, 0.2) is 0 Å². The third-order valence-corrected chi connectivity index (χ3v) is 4.55. The number of carbonyl (C=O) groups excluding carboxylic acids is 1. The van der Waals surface area contributed by atoms with E-state index in [0.29, 0.717) is 23.8 Å². The monoisotopic (exact) mass is 369 g/mol. The number of anilines is 1. The van der Waals surface area contributed by atoms with Crippen molar-refractivity contribution in [2.75, 3.05) is 11.9 Å². The summed E-state index contributed by atoms with van der Waals surface area (Å²) in [7, 11) is 0. The Morgan fingerprint density at radius 3 is 2.69 bits per heavy atom. The Bertz CT molecular complexity index is 1010. The van der Waals surface area contributed by atoms with E-state index in [-0.39, 0.29) is 11.6 Å². The van der Waals surface area contributed by atoms with Gasteiger partial charge in [0, 0.05) is 30.1 Å². The number of pyridine rings is 1. The van der Waals surface area contributed by atoms with Crippen molar-refractivity contribution in [1.29, 1.82) is 0 Å². The molecule has 0 spiro atoms. The van der Waals surface area contributed by atoms with Crippen LogP contribution < -0.4 is 10.9 Å². The van der Waals surface area contributed by atoms with Crippen LogP contribution in [0, 0.1) is 6.92 Å². The zero-order valence-corrected chi connectivity index (χ0v) is 15.4. The Kier molecular flexibility index (Phi) is 5.28. The number of aromatic amines is 1. The largest absolute Gasteiger partial charge is 0.322 e. The molecule has 0 aliphatic heterocycles. The number of urea groups is 1. The Hall–Kier alpha value is -2.79. The van der Waals surface area contributed by atoms with Gasteiger partial charge >= 0.3 is 6.03 Å². The molecule has 0 saturated heterocycles. The first kappa shape index (κ1) is 18.0. The van der Waals surface area contributed by atoms with Crippen molar-refractivity contribution in [3.05, 3.63) is 75.0 Å². The standard InChI is InChI=1S/C20H20ClN3O2/c1-3-24(20(26)23-18-9-8-13(2)10-16(18)21)12-14-11-19(25)22-17-7-5-4-6-15(14)17/h4-11H,3,12H2,1-2H3,(H,22,25)(H,23,26). The van der Waals surface area contributed by atoms with Crippen molar-refractivity contribution >= 4 is 34.2 Å². The number of nitrogens with zero attached hydrogens (tertiary/aromatic N) is 1. The van der Waals surface area contributed by atoms with Crippen LogP contribution in [0.5, 0.6) is 0 Å². The Balaban J connectivity index is 1.85. The summed E-state index contributed by atoms with van der Waals surface area (Å²) in [6, 6.07) is 14.3. The first-order valence-corrected chi connectivity index (χ1v) is 8.78. The highest BCUT2D eigenvalue weighted by atomic mass is 35.5. The summed E-state index contributed by atoms with van der Waals surface area (Å²) < 4.78 is 0. The lowest BCUT2D eigenvalue weighted by atomic mass is 10.1. The molecule has 0 radical (unpaired) electrons. The normalized spacial score (nSPS) is 10.7. The van der Waals surface area contributed by atoms with E-state index in [2.05, 4.69) is 10.3 Å². The predicted molar refractivity (Wildman–Crippen MR) is 106 cm³/mol. The van der Waals surface area contributed by atoms with Gasteiger partial charge in [0.05, 0.1) is 10.7 Å². The van der Waals surface area contributed by atoms with E-state index in [4.69, 9.17) is 11.6 Å². The van der Waals surface area contributed by atoms with Crippen LogP contribution >= 0.6 is 11.6 Å². The molecule has 26 heavy (non-hydrogen) atoms. The number of H-pyrrole nitrogens is 1. The van der Waals surface area contributed by atoms with E-state index < -0.39 is 0 Å². The quantitative estimate of drug-likeness (QED) is 0.708. The van der Waals surface area contributed by atoms with Crippen LogP contribution in [0.25, 0.3) is 10.9 Å². The van der Waals surface area contributed by atoms with Crippen LogP contribution in [-0.4, -0.2) is 22.5 Å². The summed E-state index contributed by atoms with van der Waals surface area (Å²) >= 11 is 6.20. The van der Waals surface area contributed by atoms with E-state index in [9.17, 15) is 9.59 Å². The van der Waals surface area contributed by atoms with Crippen LogP contribution in [0.3, 0.4) is 0 Å². The third-order valence-electron chi connectivity index (χ3n) is 4.23. The molecule has 2 amide bonds. The van der Waals surface area contributed by atoms with Gasteiger partial charge < -0.3 is 15.2 Å². The lowest BCUT2D eigenvalue weighted by Gasteiger charge is -2.22. The molecule has 3 rings (SSSR count). The molecule has 3 aromatic rings. The number of amides is 2. The number of hydrogen-bond acceptors (Lipinski definition) is 2. The highest BCUT2D eigenvalue weighted by Gasteiger charge is 2.15. The van der Waals surface area contributed by atoms with Gasteiger partial charge in [-0.05, 0) is 43.2 Å². The number of aromatic nitrogens is 1. The van der Waals surface area contributed by atoms with Crippen LogP contribution in [0.1, 0.15) is 18.1 Å². The minimum atomic E-state index is -0.261. The fourth-order valence-corrected chi connectivity index (χ4v) is 3.14. The Morgan fingerprint density at radius 2 is 1.96 bits per heavy atom.